The maximum absolute atomic E-state index is 4.40. The van der Waals surface area contributed by atoms with Crippen LogP contribution in [0.4, 0.5) is 5.69 Å². The van der Waals surface area contributed by atoms with Gasteiger partial charge in [-0.15, -0.1) is 0 Å². The van der Waals surface area contributed by atoms with E-state index in [-0.39, 0.29) is 0 Å². The van der Waals surface area contributed by atoms with Crippen molar-refractivity contribution in [2.24, 2.45) is 0 Å². The number of halogens is 1. The number of rotatable bonds is 4. The van der Waals surface area contributed by atoms with Crippen LogP contribution in [0.3, 0.4) is 0 Å². The van der Waals surface area contributed by atoms with Gasteiger partial charge >= 0.3 is 0 Å². The van der Waals surface area contributed by atoms with Gasteiger partial charge in [0.15, 0.2) is 0 Å². The normalized spacial score (nSPS) is 10.4. The second-order valence-corrected chi connectivity index (χ2v) is 5.39. The summed E-state index contributed by atoms with van der Waals surface area (Å²) in [5, 5.41) is 3.33. The average Bonchev–Trinajstić information content (AvgIpc) is 2.96. The molecule has 0 unspecified atom stereocenters. The molecule has 20 heavy (non-hydrogen) atoms. The zero-order chi connectivity index (χ0) is 13.8. The van der Waals surface area contributed by atoms with Gasteiger partial charge in [-0.25, -0.2) is 4.98 Å². The number of nitrogens with one attached hydrogen (secondary N) is 2. The second-order valence-electron chi connectivity index (χ2n) is 4.47. The highest BCUT2D eigenvalue weighted by Gasteiger charge is 2.03. The molecule has 2 aromatic carbocycles. The SMILES string of the molecule is Brc1ccc(-c2cnc(CNc3ccccc3)[nH]2)cc1. The molecule has 3 rings (SSSR count). The van der Waals surface area contributed by atoms with Crippen LogP contribution in [0.5, 0.6) is 0 Å². The number of hydrogen-bond acceptors (Lipinski definition) is 2. The summed E-state index contributed by atoms with van der Waals surface area (Å²) in [4.78, 5) is 7.73. The molecule has 0 aliphatic heterocycles. The van der Waals surface area contributed by atoms with Crippen molar-refractivity contribution in [3.05, 3.63) is 71.1 Å². The van der Waals surface area contributed by atoms with Gasteiger partial charge in [0.05, 0.1) is 18.4 Å². The highest BCUT2D eigenvalue weighted by atomic mass is 79.9. The lowest BCUT2D eigenvalue weighted by molar-refractivity contribution is 1.00. The number of aromatic nitrogens is 2. The molecule has 0 amide bonds. The molecule has 1 heterocycles. The van der Waals surface area contributed by atoms with Gasteiger partial charge in [0.1, 0.15) is 5.82 Å². The van der Waals surface area contributed by atoms with E-state index in [1.807, 2.05) is 48.7 Å². The molecule has 2 N–H and O–H groups in total. The smallest absolute Gasteiger partial charge is 0.125 e. The average molecular weight is 328 g/mol. The minimum absolute atomic E-state index is 0.681. The lowest BCUT2D eigenvalue weighted by Crippen LogP contribution is -2.00. The van der Waals surface area contributed by atoms with Crippen LogP contribution in [0, 0.1) is 0 Å². The number of nitrogens with zero attached hydrogens (tertiary/aromatic N) is 1. The standard InChI is InChI=1S/C16H14BrN3/c17-13-8-6-12(7-9-13)15-10-19-16(20-15)11-18-14-4-2-1-3-5-14/h1-10,18H,11H2,(H,19,20). The van der Waals surface area contributed by atoms with Crippen LogP contribution < -0.4 is 5.32 Å². The van der Waals surface area contributed by atoms with Crippen molar-refractivity contribution in [3.8, 4) is 11.3 Å². The molecule has 4 heteroatoms. The van der Waals surface area contributed by atoms with Crippen LogP contribution >= 0.6 is 15.9 Å². The van der Waals surface area contributed by atoms with Crippen LogP contribution in [0.1, 0.15) is 5.82 Å². The Labute approximate surface area is 126 Å². The van der Waals surface area contributed by atoms with E-state index in [1.54, 1.807) is 0 Å². The van der Waals surface area contributed by atoms with Crippen LogP contribution in [0.25, 0.3) is 11.3 Å². The number of anilines is 1. The molecule has 3 aromatic rings. The third-order valence-electron chi connectivity index (χ3n) is 3.02. The summed E-state index contributed by atoms with van der Waals surface area (Å²) >= 11 is 3.44. The van der Waals surface area contributed by atoms with Gasteiger partial charge < -0.3 is 10.3 Å². The summed E-state index contributed by atoms with van der Waals surface area (Å²) < 4.78 is 1.08. The first-order valence-corrected chi connectivity index (χ1v) is 7.19. The van der Waals surface area contributed by atoms with Gasteiger partial charge in [-0.05, 0) is 29.8 Å². The van der Waals surface area contributed by atoms with E-state index >= 15 is 0 Å². The number of para-hydroxylation sites is 1. The van der Waals surface area contributed by atoms with Gasteiger partial charge in [-0.1, -0.05) is 46.3 Å². The Morgan fingerprint density at radius 3 is 2.50 bits per heavy atom. The van der Waals surface area contributed by atoms with Crippen molar-refractivity contribution in [1.82, 2.24) is 9.97 Å². The molecular formula is C16H14BrN3. The number of aromatic amines is 1. The van der Waals surface area contributed by atoms with Gasteiger partial charge in [-0.2, -0.15) is 0 Å². The fraction of sp³-hybridized carbons (Fsp3) is 0.0625. The summed E-state index contributed by atoms with van der Waals surface area (Å²) in [6.07, 6.45) is 1.87. The molecule has 0 spiro atoms. The maximum atomic E-state index is 4.40. The molecular weight excluding hydrogens is 314 g/mol. The maximum Gasteiger partial charge on any atom is 0.125 e. The zero-order valence-electron chi connectivity index (χ0n) is 10.8. The molecule has 3 nitrogen and oxygen atoms in total. The Morgan fingerprint density at radius 2 is 1.75 bits per heavy atom. The molecule has 0 fully saturated rings. The molecule has 0 atom stereocenters. The summed E-state index contributed by atoms with van der Waals surface area (Å²) in [6.45, 7) is 0.681. The Morgan fingerprint density at radius 1 is 1.00 bits per heavy atom. The van der Waals surface area contributed by atoms with Crippen molar-refractivity contribution in [3.63, 3.8) is 0 Å². The van der Waals surface area contributed by atoms with E-state index in [2.05, 4.69) is 43.3 Å². The number of hydrogen-bond donors (Lipinski definition) is 2. The summed E-state index contributed by atoms with van der Waals surface area (Å²) in [7, 11) is 0. The Kier molecular flexibility index (Phi) is 3.83. The third-order valence-corrected chi connectivity index (χ3v) is 3.55. The van der Waals surface area contributed by atoms with Gasteiger partial charge in [0, 0.05) is 10.2 Å². The van der Waals surface area contributed by atoms with E-state index in [1.165, 1.54) is 0 Å². The molecule has 0 saturated carbocycles. The lowest BCUT2D eigenvalue weighted by atomic mass is 10.2. The Hall–Kier alpha value is -2.07. The van der Waals surface area contributed by atoms with Crippen LogP contribution in [0.15, 0.2) is 65.3 Å². The fourth-order valence-electron chi connectivity index (χ4n) is 1.97. The Bertz CT molecular complexity index is 674. The van der Waals surface area contributed by atoms with Crippen molar-refractivity contribution in [2.75, 3.05) is 5.32 Å². The third kappa shape index (κ3) is 3.08. The lowest BCUT2D eigenvalue weighted by Gasteiger charge is -2.03. The zero-order valence-corrected chi connectivity index (χ0v) is 12.4. The summed E-state index contributed by atoms with van der Waals surface area (Å²) in [5.74, 6) is 0.923. The van der Waals surface area contributed by atoms with Crippen molar-refractivity contribution in [2.45, 2.75) is 6.54 Å². The minimum atomic E-state index is 0.681. The summed E-state index contributed by atoms with van der Waals surface area (Å²) in [5.41, 5.74) is 3.25. The molecule has 0 aliphatic rings. The number of benzene rings is 2. The van der Waals surface area contributed by atoms with Crippen LogP contribution in [0.2, 0.25) is 0 Å². The first-order chi connectivity index (χ1) is 9.81. The minimum Gasteiger partial charge on any atom is -0.378 e. The van der Waals surface area contributed by atoms with E-state index in [0.29, 0.717) is 6.54 Å². The quantitative estimate of drug-likeness (QED) is 0.743. The molecule has 1 aromatic heterocycles. The van der Waals surface area contributed by atoms with Crippen LogP contribution in [-0.4, -0.2) is 9.97 Å². The van der Waals surface area contributed by atoms with E-state index in [4.69, 9.17) is 0 Å². The van der Waals surface area contributed by atoms with E-state index < -0.39 is 0 Å². The predicted molar refractivity (Wildman–Crippen MR) is 85.5 cm³/mol. The predicted octanol–water partition coefficient (Wildman–Crippen LogP) is 4.45. The van der Waals surface area contributed by atoms with Crippen molar-refractivity contribution >= 4 is 21.6 Å². The molecule has 0 saturated heterocycles. The molecule has 0 bridgehead atoms. The first kappa shape index (κ1) is 12.9. The first-order valence-electron chi connectivity index (χ1n) is 6.40. The molecule has 0 aliphatic carbocycles. The van der Waals surface area contributed by atoms with Gasteiger partial charge in [0.2, 0.25) is 0 Å². The largest absolute Gasteiger partial charge is 0.378 e. The van der Waals surface area contributed by atoms with Gasteiger partial charge in [-0.3, -0.25) is 0 Å². The van der Waals surface area contributed by atoms with E-state index in [9.17, 15) is 0 Å². The highest BCUT2D eigenvalue weighted by molar-refractivity contribution is 9.10. The van der Waals surface area contributed by atoms with E-state index in [0.717, 1.165) is 27.2 Å². The molecule has 0 radical (unpaired) electrons. The van der Waals surface area contributed by atoms with Crippen LogP contribution in [-0.2, 0) is 6.54 Å². The monoisotopic (exact) mass is 327 g/mol. The Balaban J connectivity index is 1.69. The highest BCUT2D eigenvalue weighted by Crippen LogP contribution is 2.20. The molecule has 100 valence electrons. The second kappa shape index (κ2) is 5.92. The number of H-pyrrole nitrogens is 1. The summed E-state index contributed by atoms with van der Waals surface area (Å²) in [6, 6.07) is 18.3. The number of imidazole rings is 1. The fourth-order valence-corrected chi connectivity index (χ4v) is 2.23. The van der Waals surface area contributed by atoms with Gasteiger partial charge in [0.25, 0.3) is 0 Å². The topological polar surface area (TPSA) is 40.7 Å². The van der Waals surface area contributed by atoms with Crippen molar-refractivity contribution in [1.29, 1.82) is 0 Å². The van der Waals surface area contributed by atoms with Crippen molar-refractivity contribution < 1.29 is 0 Å².